The molecule has 0 amide bonds. The second-order valence-corrected chi connectivity index (χ2v) is 4.43. The van der Waals surface area contributed by atoms with Gasteiger partial charge in [-0.25, -0.2) is 4.39 Å². The van der Waals surface area contributed by atoms with Crippen LogP contribution in [-0.4, -0.2) is 9.78 Å². The number of rotatable bonds is 3. The normalized spacial score (nSPS) is 11.1. The predicted molar refractivity (Wildman–Crippen MR) is 66.2 cm³/mol. The van der Waals surface area contributed by atoms with Crippen LogP contribution in [0.5, 0.6) is 0 Å². The Morgan fingerprint density at radius 2 is 2.18 bits per heavy atom. The predicted octanol–water partition coefficient (Wildman–Crippen LogP) is 2.78. The minimum Gasteiger partial charge on any atom is -0.396 e. The molecule has 0 aliphatic heterocycles. The molecule has 0 aliphatic carbocycles. The van der Waals surface area contributed by atoms with Gasteiger partial charge in [0.05, 0.1) is 24.1 Å². The maximum absolute atomic E-state index is 13.1. The Kier molecular flexibility index (Phi) is 3.13. The minimum atomic E-state index is -0.228. The van der Waals surface area contributed by atoms with E-state index >= 15 is 0 Å². The van der Waals surface area contributed by atoms with Crippen molar-refractivity contribution in [2.24, 2.45) is 0 Å². The van der Waals surface area contributed by atoms with Crippen LogP contribution in [0.15, 0.2) is 30.5 Å². The van der Waals surface area contributed by atoms with E-state index in [1.165, 1.54) is 12.1 Å². The van der Waals surface area contributed by atoms with E-state index in [1.54, 1.807) is 12.3 Å². The van der Waals surface area contributed by atoms with Gasteiger partial charge in [0.1, 0.15) is 5.82 Å². The third-order valence-electron chi connectivity index (χ3n) is 2.68. The van der Waals surface area contributed by atoms with Crippen molar-refractivity contribution in [2.45, 2.75) is 26.3 Å². The summed E-state index contributed by atoms with van der Waals surface area (Å²) in [4.78, 5) is 0. The molecule has 1 heterocycles. The zero-order chi connectivity index (χ0) is 12.4. The fraction of sp³-hybridized carbons (Fsp3) is 0.308. The van der Waals surface area contributed by atoms with Gasteiger partial charge in [0.15, 0.2) is 0 Å². The second-order valence-electron chi connectivity index (χ2n) is 4.43. The van der Waals surface area contributed by atoms with Gasteiger partial charge in [-0.2, -0.15) is 5.10 Å². The van der Waals surface area contributed by atoms with Gasteiger partial charge in [0.25, 0.3) is 0 Å². The van der Waals surface area contributed by atoms with Crippen molar-refractivity contribution in [1.29, 1.82) is 0 Å². The topological polar surface area (TPSA) is 43.8 Å². The smallest absolute Gasteiger partial charge is 0.123 e. The quantitative estimate of drug-likeness (QED) is 0.885. The van der Waals surface area contributed by atoms with Gasteiger partial charge in [-0.15, -0.1) is 0 Å². The number of benzene rings is 1. The number of anilines is 1. The van der Waals surface area contributed by atoms with Crippen molar-refractivity contribution in [3.05, 3.63) is 47.5 Å². The average Bonchev–Trinajstić information content (AvgIpc) is 2.59. The van der Waals surface area contributed by atoms with Crippen molar-refractivity contribution in [2.75, 3.05) is 5.73 Å². The molecule has 0 atom stereocenters. The molecule has 1 aromatic heterocycles. The zero-order valence-corrected chi connectivity index (χ0v) is 10.0. The number of halogens is 1. The second kappa shape index (κ2) is 4.57. The molecular weight excluding hydrogens is 217 g/mol. The molecule has 0 spiro atoms. The lowest BCUT2D eigenvalue weighted by Gasteiger charge is -2.11. The van der Waals surface area contributed by atoms with Crippen molar-refractivity contribution in [1.82, 2.24) is 9.78 Å². The van der Waals surface area contributed by atoms with Crippen LogP contribution in [-0.2, 0) is 6.54 Å². The lowest BCUT2D eigenvalue weighted by Crippen LogP contribution is -2.08. The Balaban J connectivity index is 2.30. The van der Waals surface area contributed by atoms with Crippen molar-refractivity contribution >= 4 is 5.69 Å². The molecule has 1 aromatic carbocycles. The molecule has 2 aromatic rings. The minimum absolute atomic E-state index is 0.228. The average molecular weight is 233 g/mol. The molecule has 2 N–H and O–H groups in total. The van der Waals surface area contributed by atoms with Gasteiger partial charge in [-0.1, -0.05) is 26.0 Å². The van der Waals surface area contributed by atoms with Crippen LogP contribution in [0.25, 0.3) is 0 Å². The van der Waals surface area contributed by atoms with E-state index < -0.39 is 0 Å². The molecule has 0 radical (unpaired) electrons. The van der Waals surface area contributed by atoms with E-state index in [0.717, 1.165) is 11.3 Å². The summed E-state index contributed by atoms with van der Waals surface area (Å²) in [5, 5.41) is 4.23. The van der Waals surface area contributed by atoms with Gasteiger partial charge in [-0.05, 0) is 23.6 Å². The standard InChI is InChI=1S/C13H16FN3/c1-9(2)13-12(15)7-16-17(13)8-10-4-3-5-11(14)6-10/h3-7,9H,8,15H2,1-2H3. The Bertz CT molecular complexity index is 517. The van der Waals surface area contributed by atoms with E-state index in [9.17, 15) is 4.39 Å². The van der Waals surface area contributed by atoms with Crippen molar-refractivity contribution < 1.29 is 4.39 Å². The maximum atomic E-state index is 13.1. The van der Waals surface area contributed by atoms with Crippen LogP contribution in [0.2, 0.25) is 0 Å². The summed E-state index contributed by atoms with van der Waals surface area (Å²) in [6, 6.07) is 6.53. The number of aromatic nitrogens is 2. The highest BCUT2D eigenvalue weighted by Crippen LogP contribution is 2.22. The van der Waals surface area contributed by atoms with Crippen LogP contribution in [0.1, 0.15) is 31.0 Å². The molecule has 0 bridgehead atoms. The van der Waals surface area contributed by atoms with E-state index in [-0.39, 0.29) is 5.82 Å². The summed E-state index contributed by atoms with van der Waals surface area (Å²) in [7, 11) is 0. The van der Waals surface area contributed by atoms with Gasteiger partial charge in [-0.3, -0.25) is 4.68 Å². The van der Waals surface area contributed by atoms with E-state index in [4.69, 9.17) is 5.73 Å². The van der Waals surface area contributed by atoms with Crippen molar-refractivity contribution in [3.63, 3.8) is 0 Å². The molecule has 0 saturated heterocycles. The molecule has 0 saturated carbocycles. The third-order valence-corrected chi connectivity index (χ3v) is 2.68. The summed E-state index contributed by atoms with van der Waals surface area (Å²) >= 11 is 0. The summed E-state index contributed by atoms with van der Waals surface area (Å²) in [6.07, 6.45) is 1.65. The summed E-state index contributed by atoms with van der Waals surface area (Å²) in [5.74, 6) is 0.0692. The first-order chi connectivity index (χ1) is 8.08. The number of nitrogen functional groups attached to an aromatic ring is 1. The van der Waals surface area contributed by atoms with Crippen LogP contribution in [0.3, 0.4) is 0 Å². The maximum Gasteiger partial charge on any atom is 0.123 e. The molecule has 0 unspecified atom stereocenters. The molecule has 2 rings (SSSR count). The van der Waals surface area contributed by atoms with E-state index in [2.05, 4.69) is 18.9 Å². The van der Waals surface area contributed by atoms with E-state index in [1.807, 2.05) is 10.7 Å². The van der Waals surface area contributed by atoms with Crippen molar-refractivity contribution in [3.8, 4) is 0 Å². The van der Waals surface area contributed by atoms with Crippen LogP contribution in [0.4, 0.5) is 10.1 Å². The molecule has 17 heavy (non-hydrogen) atoms. The summed E-state index contributed by atoms with van der Waals surface area (Å²) < 4.78 is 14.9. The highest BCUT2D eigenvalue weighted by Gasteiger charge is 2.12. The molecule has 0 aliphatic rings. The first-order valence-corrected chi connectivity index (χ1v) is 5.63. The lowest BCUT2D eigenvalue weighted by molar-refractivity contribution is 0.603. The van der Waals surface area contributed by atoms with Gasteiger partial charge >= 0.3 is 0 Å². The summed E-state index contributed by atoms with van der Waals surface area (Å²) in [6.45, 7) is 4.67. The molecule has 0 fully saturated rings. The van der Waals surface area contributed by atoms with Gasteiger partial charge in [0.2, 0.25) is 0 Å². The Hall–Kier alpha value is -1.84. The monoisotopic (exact) mass is 233 g/mol. The number of nitrogens with two attached hydrogens (primary N) is 1. The van der Waals surface area contributed by atoms with Crippen LogP contribution in [0, 0.1) is 5.82 Å². The highest BCUT2D eigenvalue weighted by molar-refractivity contribution is 5.43. The molecule has 90 valence electrons. The SMILES string of the molecule is CC(C)c1c(N)cnn1Cc1cccc(F)c1. The number of hydrogen-bond donors (Lipinski definition) is 1. The lowest BCUT2D eigenvalue weighted by atomic mass is 10.1. The first kappa shape index (κ1) is 11.6. The van der Waals surface area contributed by atoms with Crippen LogP contribution >= 0.6 is 0 Å². The zero-order valence-electron chi connectivity index (χ0n) is 10.0. The molecule has 3 nitrogen and oxygen atoms in total. The Labute approximate surface area is 100 Å². The number of hydrogen-bond acceptors (Lipinski definition) is 2. The Morgan fingerprint density at radius 1 is 1.41 bits per heavy atom. The fourth-order valence-electron chi connectivity index (χ4n) is 1.97. The van der Waals surface area contributed by atoms with Gasteiger partial charge < -0.3 is 5.73 Å². The molecular formula is C13H16FN3. The van der Waals surface area contributed by atoms with Gasteiger partial charge in [0, 0.05) is 0 Å². The largest absolute Gasteiger partial charge is 0.396 e. The fourth-order valence-corrected chi connectivity index (χ4v) is 1.97. The Morgan fingerprint density at radius 3 is 2.82 bits per heavy atom. The van der Waals surface area contributed by atoms with Crippen LogP contribution < -0.4 is 5.73 Å². The molecule has 4 heteroatoms. The number of nitrogens with zero attached hydrogens (tertiary/aromatic N) is 2. The highest BCUT2D eigenvalue weighted by atomic mass is 19.1. The summed E-state index contributed by atoms with van der Waals surface area (Å²) in [5.41, 5.74) is 8.44. The van der Waals surface area contributed by atoms with E-state index in [0.29, 0.717) is 18.2 Å². The first-order valence-electron chi connectivity index (χ1n) is 5.63. The third kappa shape index (κ3) is 2.46.